The maximum absolute atomic E-state index is 12.0. The van der Waals surface area contributed by atoms with Crippen molar-refractivity contribution >= 4 is 17.5 Å². The molecule has 0 atom stereocenters. The highest BCUT2D eigenvalue weighted by molar-refractivity contribution is 6.31. The molecule has 0 aromatic rings. The highest BCUT2D eigenvalue weighted by atomic mass is 35.5. The first-order valence-electron chi connectivity index (χ1n) is 2.87. The van der Waals surface area contributed by atoms with Gasteiger partial charge >= 0.3 is 11.3 Å². The Labute approximate surface area is 67.8 Å². The van der Waals surface area contributed by atoms with Crippen LogP contribution in [0.1, 0.15) is 6.92 Å². The minimum atomic E-state index is -3.88. The monoisotopic (exact) mass is 187 g/mol. The predicted molar refractivity (Wildman–Crippen MR) is 35.2 cm³/mol. The van der Waals surface area contributed by atoms with Gasteiger partial charge in [-0.25, -0.2) is 5.06 Å². The molecule has 0 bridgehead atoms. The first-order valence-corrected chi connectivity index (χ1v) is 3.25. The molecular formula is C5H8ClF2NO2. The van der Waals surface area contributed by atoms with Gasteiger partial charge in [0.25, 0.3) is 0 Å². The lowest BCUT2D eigenvalue weighted by Gasteiger charge is -2.17. The Bertz CT molecular complexity index is 148. The fourth-order valence-electron chi connectivity index (χ4n) is 0.431. The number of halogens is 3. The van der Waals surface area contributed by atoms with Crippen molar-refractivity contribution in [2.24, 2.45) is 0 Å². The van der Waals surface area contributed by atoms with Gasteiger partial charge in [-0.05, 0) is 18.5 Å². The van der Waals surface area contributed by atoms with Crippen LogP contribution in [0.5, 0.6) is 0 Å². The second-order valence-corrected chi connectivity index (χ2v) is 2.19. The molecule has 11 heavy (non-hydrogen) atoms. The van der Waals surface area contributed by atoms with Crippen LogP contribution in [0.25, 0.3) is 0 Å². The Morgan fingerprint density at radius 1 is 1.73 bits per heavy atom. The standard InChI is InChI=1S/C5H8ClF2NO2/c1-3-11-9(2)4(10)5(6,7)8/h3H2,1-2H3. The van der Waals surface area contributed by atoms with E-state index >= 15 is 0 Å². The molecule has 66 valence electrons. The molecule has 0 radical (unpaired) electrons. The van der Waals surface area contributed by atoms with Crippen LogP contribution in [0.3, 0.4) is 0 Å². The molecule has 0 N–H and O–H groups in total. The van der Waals surface area contributed by atoms with Gasteiger partial charge in [0.2, 0.25) is 0 Å². The van der Waals surface area contributed by atoms with Crippen LogP contribution < -0.4 is 0 Å². The summed E-state index contributed by atoms with van der Waals surface area (Å²) in [4.78, 5) is 14.9. The van der Waals surface area contributed by atoms with Gasteiger partial charge in [0.05, 0.1) is 6.61 Å². The second-order valence-electron chi connectivity index (χ2n) is 1.72. The minimum absolute atomic E-state index is 0.134. The van der Waals surface area contributed by atoms with Crippen LogP contribution in [0, 0.1) is 0 Å². The highest BCUT2D eigenvalue weighted by Crippen LogP contribution is 2.20. The average molecular weight is 188 g/mol. The number of carbonyl (C=O) groups excluding carboxylic acids is 1. The van der Waals surface area contributed by atoms with Crippen molar-refractivity contribution < 1.29 is 18.4 Å². The van der Waals surface area contributed by atoms with E-state index in [9.17, 15) is 13.6 Å². The van der Waals surface area contributed by atoms with Gasteiger partial charge in [0, 0.05) is 7.05 Å². The Balaban J connectivity index is 4.03. The molecule has 1 amide bonds. The molecule has 0 aliphatic heterocycles. The topological polar surface area (TPSA) is 29.5 Å². The van der Waals surface area contributed by atoms with Gasteiger partial charge in [0.1, 0.15) is 0 Å². The van der Waals surface area contributed by atoms with Crippen LogP contribution in [-0.4, -0.2) is 30.0 Å². The van der Waals surface area contributed by atoms with E-state index in [-0.39, 0.29) is 6.61 Å². The summed E-state index contributed by atoms with van der Waals surface area (Å²) in [5.74, 6) is -1.57. The van der Waals surface area contributed by atoms with Gasteiger partial charge in [-0.1, -0.05) is 0 Å². The molecule has 0 aliphatic carbocycles. The van der Waals surface area contributed by atoms with Gasteiger partial charge in [-0.3, -0.25) is 9.63 Å². The number of nitrogens with zero attached hydrogens (tertiary/aromatic N) is 1. The van der Waals surface area contributed by atoms with E-state index in [2.05, 4.69) is 16.4 Å². The first kappa shape index (κ1) is 10.6. The lowest BCUT2D eigenvalue weighted by molar-refractivity contribution is -0.191. The molecule has 0 saturated carbocycles. The van der Waals surface area contributed by atoms with Crippen molar-refractivity contribution in [1.82, 2.24) is 5.06 Å². The number of carbonyl (C=O) groups is 1. The summed E-state index contributed by atoms with van der Waals surface area (Å²) in [7, 11) is 1.07. The molecule has 0 aliphatic rings. The molecule has 0 saturated heterocycles. The third-order valence-electron chi connectivity index (χ3n) is 0.851. The SMILES string of the molecule is CCON(C)C(=O)C(F)(F)Cl. The average Bonchev–Trinajstić information content (AvgIpc) is 1.85. The number of hydrogen-bond donors (Lipinski definition) is 0. The molecule has 3 nitrogen and oxygen atoms in total. The summed E-state index contributed by atoms with van der Waals surface area (Å²) in [6.07, 6.45) is 0. The fraction of sp³-hybridized carbons (Fsp3) is 0.800. The summed E-state index contributed by atoms with van der Waals surface area (Å²) in [5, 5.41) is -3.48. The fourth-order valence-corrected chi connectivity index (χ4v) is 0.550. The van der Waals surface area contributed by atoms with E-state index in [4.69, 9.17) is 0 Å². The van der Waals surface area contributed by atoms with E-state index in [0.29, 0.717) is 5.06 Å². The van der Waals surface area contributed by atoms with Gasteiger partial charge in [-0.15, -0.1) is 0 Å². The first-order chi connectivity index (χ1) is 4.89. The van der Waals surface area contributed by atoms with Gasteiger partial charge < -0.3 is 0 Å². The van der Waals surface area contributed by atoms with Gasteiger partial charge in [-0.2, -0.15) is 8.78 Å². The largest absolute Gasteiger partial charge is 0.402 e. The van der Waals surface area contributed by atoms with E-state index in [1.54, 1.807) is 6.92 Å². The van der Waals surface area contributed by atoms with Crippen molar-refractivity contribution in [3.63, 3.8) is 0 Å². The normalized spacial score (nSPS) is 11.4. The molecule has 0 heterocycles. The molecule has 0 aromatic heterocycles. The lowest BCUT2D eigenvalue weighted by Crippen LogP contribution is -2.37. The van der Waals surface area contributed by atoms with Crippen LogP contribution in [0.4, 0.5) is 8.78 Å². The Morgan fingerprint density at radius 3 is 2.45 bits per heavy atom. The quantitative estimate of drug-likeness (QED) is 0.491. The van der Waals surface area contributed by atoms with Crippen LogP contribution >= 0.6 is 11.6 Å². The maximum Gasteiger partial charge on any atom is 0.402 e. The third-order valence-corrected chi connectivity index (χ3v) is 1.01. The third kappa shape index (κ3) is 3.48. The molecule has 0 fully saturated rings. The predicted octanol–water partition coefficient (Wildman–Crippen LogP) is 1.23. The summed E-state index contributed by atoms with van der Waals surface area (Å²) in [5.41, 5.74) is 0. The van der Waals surface area contributed by atoms with Crippen LogP contribution in [-0.2, 0) is 9.63 Å². The van der Waals surface area contributed by atoms with Gasteiger partial charge in [0.15, 0.2) is 0 Å². The van der Waals surface area contributed by atoms with E-state index in [0.717, 1.165) is 7.05 Å². The van der Waals surface area contributed by atoms with Crippen LogP contribution in [0.15, 0.2) is 0 Å². The Morgan fingerprint density at radius 2 is 2.18 bits per heavy atom. The molecule has 0 aromatic carbocycles. The molecule has 6 heteroatoms. The van der Waals surface area contributed by atoms with E-state index in [1.165, 1.54) is 0 Å². The summed E-state index contributed by atoms with van der Waals surface area (Å²) in [6, 6.07) is 0. The number of hydrogen-bond acceptors (Lipinski definition) is 2. The second kappa shape index (κ2) is 3.82. The smallest absolute Gasteiger partial charge is 0.271 e. The Hall–Kier alpha value is -0.420. The molecular weight excluding hydrogens is 180 g/mol. The highest BCUT2D eigenvalue weighted by Gasteiger charge is 2.39. The molecule has 0 rings (SSSR count). The van der Waals surface area contributed by atoms with Crippen molar-refractivity contribution in [1.29, 1.82) is 0 Å². The van der Waals surface area contributed by atoms with E-state index in [1.807, 2.05) is 0 Å². The zero-order valence-corrected chi connectivity index (χ0v) is 6.86. The summed E-state index contributed by atoms with van der Waals surface area (Å²) < 4.78 is 24.0. The van der Waals surface area contributed by atoms with Crippen molar-refractivity contribution in [3.05, 3.63) is 0 Å². The zero-order valence-electron chi connectivity index (χ0n) is 6.10. The number of rotatable bonds is 3. The number of alkyl halides is 3. The molecule has 0 unspecified atom stereocenters. The van der Waals surface area contributed by atoms with Crippen molar-refractivity contribution in [2.75, 3.05) is 13.7 Å². The van der Waals surface area contributed by atoms with E-state index < -0.39 is 11.3 Å². The molecule has 0 spiro atoms. The summed E-state index contributed by atoms with van der Waals surface area (Å²) in [6.45, 7) is 1.70. The maximum atomic E-state index is 12.0. The van der Waals surface area contributed by atoms with Crippen molar-refractivity contribution in [2.45, 2.75) is 12.3 Å². The lowest BCUT2D eigenvalue weighted by atomic mass is 10.6. The van der Waals surface area contributed by atoms with Crippen LogP contribution in [0.2, 0.25) is 0 Å². The number of amides is 1. The Kier molecular flexibility index (Phi) is 3.68. The zero-order chi connectivity index (χ0) is 9.07. The summed E-state index contributed by atoms with van der Waals surface area (Å²) >= 11 is 4.41. The number of hydroxylamine groups is 2. The van der Waals surface area contributed by atoms with Crippen molar-refractivity contribution in [3.8, 4) is 0 Å². The minimum Gasteiger partial charge on any atom is -0.271 e.